The Bertz CT molecular complexity index is 575. The van der Waals surface area contributed by atoms with E-state index in [9.17, 15) is 14.0 Å². The van der Waals surface area contributed by atoms with Gasteiger partial charge in [-0.1, -0.05) is 30.3 Å². The maximum absolute atomic E-state index is 14.8. The summed E-state index contributed by atoms with van der Waals surface area (Å²) >= 11 is 0. The van der Waals surface area contributed by atoms with Crippen molar-refractivity contribution in [3.63, 3.8) is 0 Å². The van der Waals surface area contributed by atoms with Gasteiger partial charge in [0.1, 0.15) is 17.4 Å². The van der Waals surface area contributed by atoms with E-state index in [1.165, 1.54) is 0 Å². The topological polar surface area (TPSA) is 64.6 Å². The quantitative estimate of drug-likeness (QED) is 0.818. The number of alkyl carbamates (subject to hydrolysis) is 1. The molecule has 0 saturated carbocycles. The molecule has 0 bridgehead atoms. The van der Waals surface area contributed by atoms with E-state index in [-0.39, 0.29) is 6.42 Å². The van der Waals surface area contributed by atoms with Crippen LogP contribution in [0.25, 0.3) is 0 Å². The van der Waals surface area contributed by atoms with Crippen molar-refractivity contribution in [2.24, 2.45) is 0 Å². The maximum atomic E-state index is 14.8. The van der Waals surface area contributed by atoms with Crippen LogP contribution in [0.2, 0.25) is 0 Å². The normalized spacial score (nSPS) is 14.4. The molecule has 1 aromatic rings. The molecule has 0 fully saturated rings. The summed E-state index contributed by atoms with van der Waals surface area (Å²) in [7, 11) is 0. The highest BCUT2D eigenvalue weighted by Gasteiger charge is 2.35. The van der Waals surface area contributed by atoms with Gasteiger partial charge in [0.15, 0.2) is 6.04 Å². The van der Waals surface area contributed by atoms with E-state index in [0.717, 1.165) is 5.56 Å². The van der Waals surface area contributed by atoms with Gasteiger partial charge >= 0.3 is 12.1 Å². The monoisotopic (exact) mass is 353 g/mol. The number of esters is 1. The Hall–Kier alpha value is -2.11. The lowest BCUT2D eigenvalue weighted by molar-refractivity contribution is -0.159. The van der Waals surface area contributed by atoms with Crippen LogP contribution >= 0.6 is 0 Å². The average Bonchev–Trinajstić information content (AvgIpc) is 2.41. The number of amides is 1. The van der Waals surface area contributed by atoms with Gasteiger partial charge in [0.25, 0.3) is 0 Å². The Morgan fingerprint density at radius 2 is 1.52 bits per heavy atom. The molecule has 5 nitrogen and oxygen atoms in total. The van der Waals surface area contributed by atoms with Crippen LogP contribution in [0.3, 0.4) is 0 Å². The first-order valence-electron chi connectivity index (χ1n) is 8.28. The minimum absolute atomic E-state index is 0.0272. The number of carbonyl (C=O) groups excluding carboxylic acids is 2. The summed E-state index contributed by atoms with van der Waals surface area (Å²) in [5, 5.41) is 2.31. The lowest BCUT2D eigenvalue weighted by atomic mass is 10.0. The third-order valence-corrected chi connectivity index (χ3v) is 2.97. The first-order chi connectivity index (χ1) is 11.4. The van der Waals surface area contributed by atoms with Gasteiger partial charge in [0.05, 0.1) is 0 Å². The highest BCUT2D eigenvalue weighted by molar-refractivity contribution is 5.82. The SMILES string of the molecule is CC(C)(C)OC(=O)N[C@H](C(=O)OC(C)(C)C)[C@H](F)Cc1ccccc1. The number of hydrogen-bond acceptors (Lipinski definition) is 4. The van der Waals surface area contributed by atoms with Gasteiger partial charge in [-0.05, 0) is 47.1 Å². The maximum Gasteiger partial charge on any atom is 0.408 e. The van der Waals surface area contributed by atoms with E-state index in [2.05, 4.69) is 5.32 Å². The molecule has 0 aliphatic heterocycles. The van der Waals surface area contributed by atoms with Gasteiger partial charge < -0.3 is 14.8 Å². The van der Waals surface area contributed by atoms with Crippen molar-refractivity contribution in [1.29, 1.82) is 0 Å². The van der Waals surface area contributed by atoms with Crippen LogP contribution in [-0.4, -0.2) is 35.5 Å². The Kier molecular flexibility index (Phi) is 6.96. The van der Waals surface area contributed by atoms with Crippen molar-refractivity contribution in [1.82, 2.24) is 5.32 Å². The van der Waals surface area contributed by atoms with Gasteiger partial charge in [-0.3, -0.25) is 0 Å². The van der Waals surface area contributed by atoms with Crippen molar-refractivity contribution in [3.05, 3.63) is 35.9 Å². The van der Waals surface area contributed by atoms with Gasteiger partial charge in [0, 0.05) is 6.42 Å². The second-order valence-corrected chi connectivity index (χ2v) is 7.86. The highest BCUT2D eigenvalue weighted by atomic mass is 19.1. The molecule has 0 aliphatic rings. The fraction of sp³-hybridized carbons (Fsp3) is 0.579. The first kappa shape index (κ1) is 20.9. The summed E-state index contributed by atoms with van der Waals surface area (Å²) in [6.45, 7) is 10.1. The van der Waals surface area contributed by atoms with Crippen molar-refractivity contribution in [2.45, 2.75) is 71.4 Å². The largest absolute Gasteiger partial charge is 0.458 e. The smallest absolute Gasteiger partial charge is 0.408 e. The molecule has 0 aliphatic carbocycles. The fourth-order valence-electron chi connectivity index (χ4n) is 2.05. The molecule has 1 rings (SSSR count). The van der Waals surface area contributed by atoms with Crippen LogP contribution in [0, 0.1) is 0 Å². The molecule has 140 valence electrons. The van der Waals surface area contributed by atoms with E-state index >= 15 is 0 Å². The standard InChI is InChI=1S/C19H28FNO4/c1-18(2,3)24-16(22)15(21-17(23)25-19(4,5)6)14(20)12-13-10-8-7-9-11-13/h7-11,14-15H,12H2,1-6H3,(H,21,23)/t14-,15+/m1/s1. The predicted molar refractivity (Wildman–Crippen MR) is 94.0 cm³/mol. The molecule has 0 spiro atoms. The molecule has 1 aromatic carbocycles. The van der Waals surface area contributed by atoms with Crippen LogP contribution in [0.5, 0.6) is 0 Å². The third-order valence-electron chi connectivity index (χ3n) is 2.97. The molecule has 6 heteroatoms. The predicted octanol–water partition coefficient (Wildman–Crippen LogP) is 3.80. The Morgan fingerprint density at radius 3 is 2.00 bits per heavy atom. The third kappa shape index (κ3) is 8.52. The van der Waals surface area contributed by atoms with Crippen LogP contribution in [0.1, 0.15) is 47.1 Å². The van der Waals surface area contributed by atoms with E-state index in [0.29, 0.717) is 0 Å². The van der Waals surface area contributed by atoms with Crippen LogP contribution in [0.15, 0.2) is 30.3 Å². The summed E-state index contributed by atoms with van der Waals surface area (Å²) in [5.74, 6) is -0.832. The molecular weight excluding hydrogens is 325 g/mol. The number of halogens is 1. The minimum Gasteiger partial charge on any atom is -0.458 e. The van der Waals surface area contributed by atoms with Crippen molar-refractivity contribution in [2.75, 3.05) is 0 Å². The Labute approximate surface area is 148 Å². The lowest BCUT2D eigenvalue weighted by Crippen LogP contribution is -2.51. The minimum atomic E-state index is -1.65. The second kappa shape index (κ2) is 8.32. The zero-order valence-electron chi connectivity index (χ0n) is 15.8. The molecule has 0 heterocycles. The number of benzene rings is 1. The summed E-state index contributed by atoms with van der Waals surface area (Å²) in [4.78, 5) is 24.3. The first-order valence-corrected chi connectivity index (χ1v) is 8.28. The molecule has 1 N–H and O–H groups in total. The zero-order chi connectivity index (χ0) is 19.3. The molecule has 0 unspecified atom stereocenters. The molecular formula is C19H28FNO4. The van der Waals surface area contributed by atoms with Gasteiger partial charge in [-0.2, -0.15) is 0 Å². The highest BCUT2D eigenvalue weighted by Crippen LogP contribution is 2.16. The zero-order valence-corrected chi connectivity index (χ0v) is 15.8. The van der Waals surface area contributed by atoms with Crippen LogP contribution in [0.4, 0.5) is 9.18 Å². The van der Waals surface area contributed by atoms with Gasteiger partial charge in [0.2, 0.25) is 0 Å². The number of alkyl halides is 1. The van der Waals surface area contributed by atoms with E-state index in [4.69, 9.17) is 9.47 Å². The molecule has 25 heavy (non-hydrogen) atoms. The second-order valence-electron chi connectivity index (χ2n) is 7.86. The molecule has 1 amide bonds. The van der Waals surface area contributed by atoms with Crippen LogP contribution < -0.4 is 5.32 Å². The lowest BCUT2D eigenvalue weighted by Gasteiger charge is -2.27. The van der Waals surface area contributed by atoms with Gasteiger partial charge in [-0.25, -0.2) is 14.0 Å². The van der Waals surface area contributed by atoms with E-state index in [1.807, 2.05) is 6.07 Å². The van der Waals surface area contributed by atoms with Crippen molar-refractivity contribution < 1.29 is 23.5 Å². The number of hydrogen-bond donors (Lipinski definition) is 1. The summed E-state index contributed by atoms with van der Waals surface area (Å²) in [6.07, 6.45) is -2.54. The molecule has 0 saturated heterocycles. The summed E-state index contributed by atoms with van der Waals surface area (Å²) in [6, 6.07) is 7.45. The Balaban J connectivity index is 2.89. The molecule has 0 radical (unpaired) electrons. The van der Waals surface area contributed by atoms with Crippen molar-refractivity contribution >= 4 is 12.1 Å². The van der Waals surface area contributed by atoms with Crippen molar-refractivity contribution in [3.8, 4) is 0 Å². The average molecular weight is 353 g/mol. The van der Waals surface area contributed by atoms with E-state index in [1.54, 1.807) is 65.8 Å². The fourth-order valence-corrected chi connectivity index (χ4v) is 2.05. The Morgan fingerprint density at radius 1 is 1.00 bits per heavy atom. The number of carbonyl (C=O) groups is 2. The van der Waals surface area contributed by atoms with Crippen LogP contribution in [-0.2, 0) is 20.7 Å². The van der Waals surface area contributed by atoms with E-state index < -0.39 is 35.5 Å². The number of rotatable bonds is 5. The number of ether oxygens (including phenoxy) is 2. The number of nitrogens with one attached hydrogen (secondary N) is 1. The molecule has 0 aromatic heterocycles. The summed E-state index contributed by atoms with van der Waals surface area (Å²) < 4.78 is 25.2. The van der Waals surface area contributed by atoms with Gasteiger partial charge in [-0.15, -0.1) is 0 Å². The summed E-state index contributed by atoms with van der Waals surface area (Å²) in [5.41, 5.74) is -0.833. The molecule has 2 atom stereocenters.